The lowest BCUT2D eigenvalue weighted by Crippen LogP contribution is -2.25. The molecular weight excluding hydrogens is 448 g/mol. The second-order valence-electron chi connectivity index (χ2n) is 7.74. The first-order valence-corrected chi connectivity index (χ1v) is 11.9. The molecule has 1 amide bonds. The summed E-state index contributed by atoms with van der Waals surface area (Å²) >= 11 is 7.73. The van der Waals surface area contributed by atoms with Gasteiger partial charge in [0.05, 0.1) is 11.4 Å². The Kier molecular flexibility index (Phi) is 6.29. The third kappa shape index (κ3) is 4.87. The average molecular weight is 469 g/mol. The van der Waals surface area contributed by atoms with Crippen LogP contribution in [0.3, 0.4) is 0 Å². The number of amides is 1. The smallest absolute Gasteiger partial charge is 0.251 e. The van der Waals surface area contributed by atoms with Crippen LogP contribution >= 0.6 is 23.4 Å². The molecule has 4 aromatic rings. The van der Waals surface area contributed by atoms with E-state index < -0.39 is 0 Å². The van der Waals surface area contributed by atoms with Crippen molar-refractivity contribution in [2.75, 3.05) is 6.54 Å². The van der Waals surface area contributed by atoms with Crippen LogP contribution < -0.4 is 5.32 Å². The van der Waals surface area contributed by atoms with E-state index in [0.29, 0.717) is 17.1 Å². The van der Waals surface area contributed by atoms with Crippen molar-refractivity contribution in [3.63, 3.8) is 0 Å². The van der Waals surface area contributed by atoms with Crippen molar-refractivity contribution in [1.29, 1.82) is 0 Å². The first-order chi connectivity index (χ1) is 16.2. The number of fused-ring (bicyclic) bond motifs is 2. The van der Waals surface area contributed by atoms with E-state index in [2.05, 4.69) is 29.6 Å². The minimum absolute atomic E-state index is 0.108. The number of carbonyl (C=O) groups excluding carboxylic acids is 1. The van der Waals surface area contributed by atoms with Gasteiger partial charge in [-0.2, -0.15) is 0 Å². The molecule has 0 saturated carbocycles. The molecule has 0 bridgehead atoms. The van der Waals surface area contributed by atoms with Crippen LogP contribution in [-0.4, -0.2) is 18.2 Å². The second kappa shape index (κ2) is 9.65. The molecule has 1 aliphatic heterocycles. The Morgan fingerprint density at radius 3 is 2.52 bits per heavy atom. The maximum Gasteiger partial charge on any atom is 0.251 e. The lowest BCUT2D eigenvalue weighted by atomic mass is 10.0. The summed E-state index contributed by atoms with van der Waals surface area (Å²) in [5.74, 6) is -0.108. The van der Waals surface area contributed by atoms with Crippen LogP contribution in [0.2, 0.25) is 5.02 Å². The summed E-state index contributed by atoms with van der Waals surface area (Å²) in [5.41, 5.74) is 5.55. The van der Waals surface area contributed by atoms with Crippen molar-refractivity contribution >= 4 is 40.7 Å². The molecule has 3 nitrogen and oxygen atoms in total. The molecule has 33 heavy (non-hydrogen) atoms. The summed E-state index contributed by atoms with van der Waals surface area (Å²) in [6, 6.07) is 31.9. The zero-order valence-electron chi connectivity index (χ0n) is 17.8. The number of benzene rings is 4. The number of aliphatic imine (C=N–C) groups is 1. The van der Waals surface area contributed by atoms with Gasteiger partial charge in [0.25, 0.3) is 5.91 Å². The minimum atomic E-state index is -0.108. The number of halogens is 1. The van der Waals surface area contributed by atoms with Crippen LogP contribution in [0.4, 0.5) is 5.69 Å². The summed E-state index contributed by atoms with van der Waals surface area (Å²) in [5, 5.41) is 3.72. The monoisotopic (exact) mass is 468 g/mol. The van der Waals surface area contributed by atoms with Crippen LogP contribution in [-0.2, 0) is 6.42 Å². The molecule has 0 radical (unpaired) electrons. The van der Waals surface area contributed by atoms with Crippen molar-refractivity contribution < 1.29 is 4.79 Å². The summed E-state index contributed by atoms with van der Waals surface area (Å²) < 4.78 is 0. The van der Waals surface area contributed by atoms with Crippen LogP contribution in [0.15, 0.2) is 112 Å². The summed E-state index contributed by atoms with van der Waals surface area (Å²) in [7, 11) is 0. The highest BCUT2D eigenvalue weighted by atomic mass is 35.5. The fourth-order valence-electron chi connectivity index (χ4n) is 3.81. The molecule has 5 rings (SSSR count). The molecule has 4 aromatic carbocycles. The molecule has 0 spiro atoms. The first kappa shape index (κ1) is 21.5. The standard InChI is InChI=1S/C28H21ClN2OS/c29-22-10-6-7-19(17-22)15-16-30-28(32)21-13-14-26-24(18-21)31-27(20-8-2-1-3-9-20)23-11-4-5-12-25(23)33-26/h1-14,17-18H,15-16H2,(H,30,32). The van der Waals surface area contributed by atoms with E-state index in [0.717, 1.165) is 44.3 Å². The van der Waals surface area contributed by atoms with Crippen LogP contribution in [0.5, 0.6) is 0 Å². The van der Waals surface area contributed by atoms with Crippen LogP contribution in [0, 0.1) is 0 Å². The van der Waals surface area contributed by atoms with Gasteiger partial charge in [-0.25, -0.2) is 4.99 Å². The molecule has 5 heteroatoms. The number of hydrogen-bond acceptors (Lipinski definition) is 3. The zero-order valence-corrected chi connectivity index (χ0v) is 19.4. The van der Waals surface area contributed by atoms with Gasteiger partial charge in [-0.05, 0) is 48.4 Å². The summed E-state index contributed by atoms with van der Waals surface area (Å²) in [6.07, 6.45) is 0.721. The molecule has 0 aromatic heterocycles. The third-order valence-corrected chi connectivity index (χ3v) is 6.83. The molecule has 0 aliphatic carbocycles. The van der Waals surface area contributed by atoms with Crippen LogP contribution in [0.25, 0.3) is 0 Å². The normalized spacial score (nSPS) is 12.2. The van der Waals surface area contributed by atoms with Gasteiger partial charge in [-0.15, -0.1) is 0 Å². The number of rotatable bonds is 5. The number of carbonyl (C=O) groups is 1. The predicted octanol–water partition coefficient (Wildman–Crippen LogP) is 6.95. The van der Waals surface area contributed by atoms with Gasteiger partial charge < -0.3 is 5.32 Å². The second-order valence-corrected chi connectivity index (χ2v) is 9.26. The quantitative estimate of drug-likeness (QED) is 0.303. The minimum Gasteiger partial charge on any atom is -0.352 e. The van der Waals surface area contributed by atoms with E-state index in [1.54, 1.807) is 11.8 Å². The van der Waals surface area contributed by atoms with E-state index in [9.17, 15) is 4.79 Å². The highest BCUT2D eigenvalue weighted by Gasteiger charge is 2.19. The van der Waals surface area contributed by atoms with E-state index >= 15 is 0 Å². The van der Waals surface area contributed by atoms with E-state index in [4.69, 9.17) is 16.6 Å². The fraction of sp³-hybridized carbons (Fsp3) is 0.0714. The first-order valence-electron chi connectivity index (χ1n) is 10.8. The molecule has 1 N–H and O–H groups in total. The van der Waals surface area contributed by atoms with Gasteiger partial charge in [0.2, 0.25) is 0 Å². The number of nitrogens with one attached hydrogen (secondary N) is 1. The van der Waals surface area contributed by atoms with Crippen molar-refractivity contribution in [1.82, 2.24) is 5.32 Å². The molecule has 0 atom stereocenters. The van der Waals surface area contributed by atoms with Gasteiger partial charge in [-0.1, -0.05) is 84.0 Å². The van der Waals surface area contributed by atoms with Crippen molar-refractivity contribution in [2.45, 2.75) is 16.2 Å². The van der Waals surface area contributed by atoms with Crippen molar-refractivity contribution in [2.24, 2.45) is 4.99 Å². The number of hydrogen-bond donors (Lipinski definition) is 1. The predicted molar refractivity (Wildman–Crippen MR) is 136 cm³/mol. The van der Waals surface area contributed by atoms with E-state index in [1.165, 1.54) is 0 Å². The summed E-state index contributed by atoms with van der Waals surface area (Å²) in [6.45, 7) is 0.537. The van der Waals surface area contributed by atoms with E-state index in [1.807, 2.05) is 72.8 Å². The van der Waals surface area contributed by atoms with Gasteiger partial charge >= 0.3 is 0 Å². The molecule has 0 unspecified atom stereocenters. The number of nitrogens with zero attached hydrogens (tertiary/aromatic N) is 1. The molecule has 0 saturated heterocycles. The Hall–Kier alpha value is -3.34. The van der Waals surface area contributed by atoms with Gasteiger partial charge in [0, 0.05) is 38.0 Å². The maximum absolute atomic E-state index is 12.9. The fourth-order valence-corrected chi connectivity index (χ4v) is 5.03. The molecular formula is C28H21ClN2OS. The van der Waals surface area contributed by atoms with E-state index in [-0.39, 0.29) is 5.91 Å². The average Bonchev–Trinajstić information content (AvgIpc) is 3.01. The van der Waals surface area contributed by atoms with Gasteiger partial charge in [0.15, 0.2) is 0 Å². The van der Waals surface area contributed by atoms with Crippen LogP contribution in [0.1, 0.15) is 27.0 Å². The van der Waals surface area contributed by atoms with Gasteiger partial charge in [-0.3, -0.25) is 4.79 Å². The van der Waals surface area contributed by atoms with Crippen molar-refractivity contribution in [3.05, 3.63) is 124 Å². The third-order valence-electron chi connectivity index (χ3n) is 5.45. The zero-order chi connectivity index (χ0) is 22.6. The molecule has 1 heterocycles. The molecule has 0 fully saturated rings. The largest absolute Gasteiger partial charge is 0.352 e. The van der Waals surface area contributed by atoms with Gasteiger partial charge in [0.1, 0.15) is 0 Å². The van der Waals surface area contributed by atoms with Crippen molar-refractivity contribution in [3.8, 4) is 0 Å². The highest BCUT2D eigenvalue weighted by molar-refractivity contribution is 7.99. The Labute approximate surface area is 202 Å². The molecule has 1 aliphatic rings. The Bertz CT molecular complexity index is 1350. The maximum atomic E-state index is 12.9. The molecule has 162 valence electrons. The Balaban J connectivity index is 1.42. The Morgan fingerprint density at radius 1 is 0.848 bits per heavy atom. The topological polar surface area (TPSA) is 41.5 Å². The lowest BCUT2D eigenvalue weighted by Gasteiger charge is -2.09. The Morgan fingerprint density at radius 2 is 1.67 bits per heavy atom. The SMILES string of the molecule is O=C(NCCc1cccc(Cl)c1)c1ccc2c(c1)N=C(c1ccccc1)c1ccccc1S2. The highest BCUT2D eigenvalue weighted by Crippen LogP contribution is 2.41. The lowest BCUT2D eigenvalue weighted by molar-refractivity contribution is 0.0954. The summed E-state index contributed by atoms with van der Waals surface area (Å²) in [4.78, 5) is 20.1.